The van der Waals surface area contributed by atoms with Crippen LogP contribution in [0.3, 0.4) is 0 Å². The van der Waals surface area contributed by atoms with Crippen molar-refractivity contribution in [1.82, 2.24) is 25.1 Å². The number of fused-ring (bicyclic) bond motifs is 3. The van der Waals surface area contributed by atoms with Crippen LogP contribution in [0.5, 0.6) is 0 Å². The van der Waals surface area contributed by atoms with Crippen LogP contribution in [0.15, 0.2) is 48.7 Å². The molecule has 0 amide bonds. The van der Waals surface area contributed by atoms with Gasteiger partial charge < -0.3 is 10.3 Å². The summed E-state index contributed by atoms with van der Waals surface area (Å²) in [6.07, 6.45) is 6.22. The summed E-state index contributed by atoms with van der Waals surface area (Å²) >= 11 is 0. The highest BCUT2D eigenvalue weighted by Crippen LogP contribution is 2.32. The molecular weight excluding hydrogens is 372 g/mol. The van der Waals surface area contributed by atoms with Gasteiger partial charge in [-0.3, -0.25) is 5.10 Å². The summed E-state index contributed by atoms with van der Waals surface area (Å²) in [5, 5.41) is 13.0. The molecule has 3 aromatic heterocycles. The Morgan fingerprint density at radius 3 is 2.80 bits per heavy atom. The van der Waals surface area contributed by atoms with Crippen molar-refractivity contribution in [3.05, 3.63) is 65.6 Å². The maximum absolute atomic E-state index is 4.97. The van der Waals surface area contributed by atoms with Crippen LogP contribution in [-0.4, -0.2) is 25.1 Å². The van der Waals surface area contributed by atoms with Crippen molar-refractivity contribution >= 4 is 33.3 Å². The third-order valence-corrected chi connectivity index (χ3v) is 5.90. The van der Waals surface area contributed by atoms with Gasteiger partial charge in [-0.15, -0.1) is 0 Å². The molecule has 0 atom stereocenters. The second-order valence-electron chi connectivity index (χ2n) is 8.08. The van der Waals surface area contributed by atoms with Crippen LogP contribution in [0.2, 0.25) is 0 Å². The molecule has 3 heterocycles. The molecule has 0 fully saturated rings. The minimum absolute atomic E-state index is 0.775. The molecule has 0 bridgehead atoms. The number of aryl methyl sites for hydroxylation is 2. The third kappa shape index (κ3) is 2.92. The highest BCUT2D eigenvalue weighted by atomic mass is 15.1. The quantitative estimate of drug-likeness (QED) is 0.381. The van der Waals surface area contributed by atoms with Crippen molar-refractivity contribution in [1.29, 1.82) is 0 Å². The fourth-order valence-corrected chi connectivity index (χ4v) is 4.40. The first-order valence-electron chi connectivity index (χ1n) is 10.4. The fraction of sp³-hybridized carbons (Fsp3) is 0.208. The van der Waals surface area contributed by atoms with E-state index in [0.29, 0.717) is 0 Å². The van der Waals surface area contributed by atoms with E-state index in [0.717, 1.165) is 57.8 Å². The molecule has 0 aliphatic heterocycles. The molecule has 0 saturated carbocycles. The number of nitrogens with zero attached hydrogens (tertiary/aromatic N) is 3. The zero-order chi connectivity index (χ0) is 20.1. The normalized spacial score (nSPS) is 13.6. The van der Waals surface area contributed by atoms with Gasteiger partial charge in [-0.25, -0.2) is 9.97 Å². The van der Waals surface area contributed by atoms with E-state index in [1.807, 2.05) is 12.3 Å². The molecule has 1 aliphatic carbocycles. The maximum Gasteiger partial charge on any atom is 0.161 e. The van der Waals surface area contributed by atoms with Crippen LogP contribution >= 0.6 is 0 Å². The van der Waals surface area contributed by atoms with Crippen LogP contribution in [0.25, 0.3) is 33.2 Å². The number of aromatic amines is 2. The van der Waals surface area contributed by atoms with Gasteiger partial charge in [-0.2, -0.15) is 5.10 Å². The topological polar surface area (TPSA) is 82.3 Å². The molecule has 0 saturated heterocycles. The summed E-state index contributed by atoms with van der Waals surface area (Å²) in [5.41, 5.74) is 7.76. The minimum atomic E-state index is 0.775. The second kappa shape index (κ2) is 6.69. The molecule has 1 aliphatic rings. The van der Waals surface area contributed by atoms with E-state index in [-0.39, 0.29) is 0 Å². The van der Waals surface area contributed by atoms with Gasteiger partial charge in [0, 0.05) is 39.1 Å². The van der Waals surface area contributed by atoms with Crippen molar-refractivity contribution in [3.63, 3.8) is 0 Å². The van der Waals surface area contributed by atoms with Crippen LogP contribution < -0.4 is 5.32 Å². The summed E-state index contributed by atoms with van der Waals surface area (Å²) in [6, 6.07) is 14.8. The molecule has 0 spiro atoms. The number of rotatable bonds is 3. The summed E-state index contributed by atoms with van der Waals surface area (Å²) in [4.78, 5) is 13.4. The van der Waals surface area contributed by atoms with Crippen molar-refractivity contribution in [2.45, 2.75) is 32.6 Å². The lowest BCUT2D eigenvalue weighted by atomic mass is 9.96. The first-order valence-corrected chi connectivity index (χ1v) is 10.4. The Morgan fingerprint density at radius 2 is 1.83 bits per heavy atom. The largest absolute Gasteiger partial charge is 0.359 e. The van der Waals surface area contributed by atoms with E-state index >= 15 is 0 Å². The van der Waals surface area contributed by atoms with Crippen molar-refractivity contribution in [3.8, 4) is 11.4 Å². The Morgan fingerprint density at radius 1 is 0.900 bits per heavy atom. The molecule has 0 unspecified atom stereocenters. The van der Waals surface area contributed by atoms with Gasteiger partial charge in [0.1, 0.15) is 5.82 Å². The number of H-pyrrole nitrogens is 2. The van der Waals surface area contributed by atoms with Crippen LogP contribution in [0, 0.1) is 6.92 Å². The van der Waals surface area contributed by atoms with Crippen molar-refractivity contribution < 1.29 is 0 Å². The molecule has 3 N–H and O–H groups in total. The summed E-state index contributed by atoms with van der Waals surface area (Å²) in [5.74, 6) is 1.69. The lowest BCUT2D eigenvalue weighted by Crippen LogP contribution is -2.12. The number of aromatic nitrogens is 5. The highest BCUT2D eigenvalue weighted by molar-refractivity contribution is 5.85. The zero-order valence-electron chi connectivity index (χ0n) is 16.8. The number of benzene rings is 2. The van der Waals surface area contributed by atoms with Crippen LogP contribution in [0.1, 0.15) is 29.8 Å². The van der Waals surface area contributed by atoms with E-state index < -0.39 is 0 Å². The number of nitrogens with one attached hydrogen (secondary N) is 3. The monoisotopic (exact) mass is 394 g/mol. The van der Waals surface area contributed by atoms with Gasteiger partial charge in [0.15, 0.2) is 5.82 Å². The molecular formula is C24H22N6. The molecule has 5 aromatic rings. The van der Waals surface area contributed by atoms with Gasteiger partial charge in [-0.05, 0) is 68.3 Å². The molecule has 30 heavy (non-hydrogen) atoms. The smallest absolute Gasteiger partial charge is 0.161 e. The molecule has 148 valence electrons. The lowest BCUT2D eigenvalue weighted by Gasteiger charge is -2.20. The number of hydrogen-bond donors (Lipinski definition) is 3. The van der Waals surface area contributed by atoms with E-state index in [4.69, 9.17) is 9.97 Å². The summed E-state index contributed by atoms with van der Waals surface area (Å²) in [6.45, 7) is 2.08. The number of anilines is 2. The number of hydrogen-bond acceptors (Lipinski definition) is 4. The van der Waals surface area contributed by atoms with E-state index in [2.05, 4.69) is 63.8 Å². The van der Waals surface area contributed by atoms with Gasteiger partial charge >= 0.3 is 0 Å². The average Bonchev–Trinajstić information content (AvgIpc) is 3.38. The molecule has 2 aromatic carbocycles. The van der Waals surface area contributed by atoms with Gasteiger partial charge in [-0.1, -0.05) is 12.1 Å². The van der Waals surface area contributed by atoms with Crippen molar-refractivity contribution in [2.75, 3.05) is 5.32 Å². The second-order valence-corrected chi connectivity index (χ2v) is 8.08. The van der Waals surface area contributed by atoms with E-state index in [1.165, 1.54) is 29.5 Å². The van der Waals surface area contributed by atoms with Crippen LogP contribution in [0.4, 0.5) is 11.5 Å². The van der Waals surface area contributed by atoms with E-state index in [9.17, 15) is 0 Å². The highest BCUT2D eigenvalue weighted by Gasteiger charge is 2.19. The summed E-state index contributed by atoms with van der Waals surface area (Å²) in [7, 11) is 0. The SMILES string of the molecule is Cc1cc2ccc(-c3nc4c(c(Nc5ccc6[nH]ncc6c5)n3)CCCC4)cc2[nH]1. The molecule has 6 heteroatoms. The average molecular weight is 394 g/mol. The first kappa shape index (κ1) is 17.2. The van der Waals surface area contributed by atoms with Crippen molar-refractivity contribution in [2.24, 2.45) is 0 Å². The predicted octanol–water partition coefficient (Wildman–Crippen LogP) is 5.43. The van der Waals surface area contributed by atoms with Gasteiger partial charge in [0.25, 0.3) is 0 Å². The molecule has 0 radical (unpaired) electrons. The molecule has 6 nitrogen and oxygen atoms in total. The Bertz CT molecular complexity index is 1390. The fourth-order valence-electron chi connectivity index (χ4n) is 4.40. The minimum Gasteiger partial charge on any atom is -0.359 e. The maximum atomic E-state index is 4.97. The Labute approximate surface area is 173 Å². The predicted molar refractivity (Wildman–Crippen MR) is 120 cm³/mol. The Kier molecular flexibility index (Phi) is 3.84. The standard InChI is InChI=1S/C24H22N6/c1-14-10-15-6-7-16(12-22(15)26-14)23-28-21-5-3-2-4-19(21)24(29-23)27-18-8-9-20-17(11-18)13-25-30-20/h6-13,26H,2-5H2,1H3,(H,25,30)(H,27,28,29). The third-order valence-electron chi connectivity index (χ3n) is 5.90. The lowest BCUT2D eigenvalue weighted by molar-refractivity contribution is 0.665. The van der Waals surface area contributed by atoms with E-state index in [1.54, 1.807) is 0 Å². The van der Waals surface area contributed by atoms with Crippen LogP contribution in [-0.2, 0) is 12.8 Å². The van der Waals surface area contributed by atoms with Gasteiger partial charge in [0.05, 0.1) is 11.7 Å². The van der Waals surface area contributed by atoms with Gasteiger partial charge in [0.2, 0.25) is 0 Å². The molecule has 6 rings (SSSR count). The zero-order valence-corrected chi connectivity index (χ0v) is 16.8. The Hall–Kier alpha value is -3.67. The first-order chi connectivity index (χ1) is 14.7. The Balaban J connectivity index is 1.45. The summed E-state index contributed by atoms with van der Waals surface area (Å²) < 4.78 is 0.